The molecular formula is C87H173NO5. The molecule has 0 aliphatic rings. The first-order valence-electron chi connectivity index (χ1n) is 43.8. The van der Waals surface area contributed by atoms with E-state index in [1.54, 1.807) is 0 Å². The largest absolute Gasteiger partial charge is 0.466 e. The molecule has 0 saturated heterocycles. The molecule has 556 valence electrons. The minimum absolute atomic E-state index is 0.0221. The van der Waals surface area contributed by atoms with E-state index in [0.717, 1.165) is 38.5 Å². The molecule has 93 heavy (non-hydrogen) atoms. The quantitative estimate of drug-likeness (QED) is 0.0417. The van der Waals surface area contributed by atoms with Crippen LogP contribution in [0.5, 0.6) is 0 Å². The number of hydrogen-bond acceptors (Lipinski definition) is 5. The number of hydrogen-bond donors (Lipinski definition) is 3. The van der Waals surface area contributed by atoms with Gasteiger partial charge >= 0.3 is 5.97 Å². The summed E-state index contributed by atoms with van der Waals surface area (Å²) >= 11 is 0. The van der Waals surface area contributed by atoms with Crippen molar-refractivity contribution >= 4 is 11.9 Å². The second-order valence-corrected chi connectivity index (χ2v) is 30.6. The molecule has 0 radical (unpaired) electrons. The van der Waals surface area contributed by atoms with E-state index in [0.29, 0.717) is 25.9 Å². The Morgan fingerprint density at radius 3 is 0.656 bits per heavy atom. The molecule has 0 heterocycles. The third kappa shape index (κ3) is 79.7. The van der Waals surface area contributed by atoms with Crippen molar-refractivity contribution in [2.45, 2.75) is 533 Å². The fourth-order valence-corrected chi connectivity index (χ4v) is 14.5. The van der Waals surface area contributed by atoms with E-state index in [2.05, 4.69) is 19.2 Å². The van der Waals surface area contributed by atoms with Gasteiger partial charge in [0.15, 0.2) is 0 Å². The van der Waals surface area contributed by atoms with Gasteiger partial charge in [-0.1, -0.05) is 483 Å². The lowest BCUT2D eigenvalue weighted by atomic mass is 10.0. The average molecular weight is 1310 g/mol. The highest BCUT2D eigenvalue weighted by atomic mass is 16.5. The number of unbranched alkanes of at least 4 members (excludes halogenated alkanes) is 73. The third-order valence-corrected chi connectivity index (χ3v) is 21.2. The highest BCUT2D eigenvalue weighted by Gasteiger charge is 2.20. The smallest absolute Gasteiger partial charge is 0.305 e. The zero-order valence-electron chi connectivity index (χ0n) is 64.0. The number of rotatable bonds is 84. The van der Waals surface area contributed by atoms with Gasteiger partial charge in [-0.05, 0) is 25.7 Å². The van der Waals surface area contributed by atoms with Gasteiger partial charge in [-0.3, -0.25) is 9.59 Å². The molecule has 0 spiro atoms. The summed E-state index contributed by atoms with van der Waals surface area (Å²) in [6, 6.07) is -0.537. The molecule has 2 unspecified atom stereocenters. The van der Waals surface area contributed by atoms with Crippen molar-refractivity contribution in [3.8, 4) is 0 Å². The molecule has 0 saturated carbocycles. The number of aliphatic hydroxyl groups excluding tert-OH is 2. The first kappa shape index (κ1) is 91.9. The summed E-state index contributed by atoms with van der Waals surface area (Å²) in [6.45, 7) is 5.03. The maximum atomic E-state index is 12.6. The number of carbonyl (C=O) groups is 2. The molecule has 1 amide bonds. The average Bonchev–Trinajstić information content (AvgIpc) is 3.78. The van der Waals surface area contributed by atoms with Crippen LogP contribution in [0.4, 0.5) is 0 Å². The van der Waals surface area contributed by atoms with Gasteiger partial charge in [0.1, 0.15) is 0 Å². The Morgan fingerprint density at radius 1 is 0.258 bits per heavy atom. The van der Waals surface area contributed by atoms with Gasteiger partial charge in [0, 0.05) is 12.8 Å². The fraction of sp³-hybridized carbons (Fsp3) is 0.977. The van der Waals surface area contributed by atoms with Gasteiger partial charge in [0.25, 0.3) is 0 Å². The maximum Gasteiger partial charge on any atom is 0.305 e. The van der Waals surface area contributed by atoms with E-state index >= 15 is 0 Å². The second kappa shape index (κ2) is 83.3. The number of amides is 1. The van der Waals surface area contributed by atoms with Crippen LogP contribution in [0, 0.1) is 0 Å². The molecule has 0 bridgehead atoms. The first-order chi connectivity index (χ1) is 46.0. The normalized spacial score (nSPS) is 12.3. The van der Waals surface area contributed by atoms with Crippen LogP contribution in [0.15, 0.2) is 0 Å². The molecule has 0 aromatic rings. The predicted octanol–water partition coefficient (Wildman–Crippen LogP) is 29.2. The molecule has 6 heteroatoms. The minimum Gasteiger partial charge on any atom is -0.466 e. The standard InChI is InChI=1S/C87H173NO5/c1-3-5-7-9-11-13-15-17-19-20-21-22-42-45-48-52-55-59-63-67-71-75-79-85(90)84(83-89)88-86(91)80-76-72-68-64-60-56-53-49-46-43-40-38-36-34-32-30-28-26-24-23-25-27-29-31-33-35-37-39-41-44-47-50-54-58-62-66-70-74-78-82-93-87(92)81-77-73-69-65-61-57-51-18-16-14-12-10-8-6-4-2/h84-85,89-90H,3-83H2,1-2H3,(H,88,91). The lowest BCUT2D eigenvalue weighted by Gasteiger charge is -2.22. The maximum absolute atomic E-state index is 12.6. The zero-order chi connectivity index (χ0) is 67.0. The predicted molar refractivity (Wildman–Crippen MR) is 412 cm³/mol. The molecule has 0 aromatic heterocycles. The minimum atomic E-state index is -0.660. The molecule has 0 rings (SSSR count). The van der Waals surface area contributed by atoms with E-state index < -0.39 is 12.1 Å². The fourth-order valence-electron chi connectivity index (χ4n) is 14.5. The Hall–Kier alpha value is -1.14. The molecular weight excluding hydrogens is 1140 g/mol. The van der Waals surface area contributed by atoms with E-state index in [-0.39, 0.29) is 18.5 Å². The summed E-state index contributed by atoms with van der Waals surface area (Å²) in [5.74, 6) is 0.00645. The molecule has 2 atom stereocenters. The van der Waals surface area contributed by atoms with Crippen molar-refractivity contribution in [3.05, 3.63) is 0 Å². The molecule has 6 nitrogen and oxygen atoms in total. The lowest BCUT2D eigenvalue weighted by Crippen LogP contribution is -2.45. The first-order valence-corrected chi connectivity index (χ1v) is 43.8. The van der Waals surface area contributed by atoms with E-state index in [1.807, 2.05) is 0 Å². The lowest BCUT2D eigenvalue weighted by molar-refractivity contribution is -0.143. The van der Waals surface area contributed by atoms with Crippen molar-refractivity contribution in [2.75, 3.05) is 13.2 Å². The van der Waals surface area contributed by atoms with Crippen LogP contribution < -0.4 is 5.32 Å². The van der Waals surface area contributed by atoms with Crippen LogP contribution in [0.3, 0.4) is 0 Å². The summed E-state index contributed by atoms with van der Waals surface area (Å²) in [5.41, 5.74) is 0. The van der Waals surface area contributed by atoms with Gasteiger partial charge in [-0.15, -0.1) is 0 Å². The third-order valence-electron chi connectivity index (χ3n) is 21.2. The second-order valence-electron chi connectivity index (χ2n) is 30.6. The van der Waals surface area contributed by atoms with Gasteiger partial charge in [0.05, 0.1) is 25.4 Å². The molecule has 3 N–H and O–H groups in total. The van der Waals surface area contributed by atoms with Crippen molar-refractivity contribution in [3.63, 3.8) is 0 Å². The Balaban J connectivity index is 3.29. The van der Waals surface area contributed by atoms with Crippen molar-refractivity contribution in [1.29, 1.82) is 0 Å². The summed E-state index contributed by atoms with van der Waals surface area (Å²) in [5, 5.41) is 23.5. The van der Waals surface area contributed by atoms with E-state index in [9.17, 15) is 19.8 Å². The number of ether oxygens (including phenoxy) is 1. The Labute approximate surface area is 585 Å². The molecule has 0 aliphatic heterocycles. The summed E-state index contributed by atoms with van der Waals surface area (Å²) in [4.78, 5) is 24.7. The van der Waals surface area contributed by atoms with Crippen LogP contribution in [-0.4, -0.2) is 47.4 Å². The SMILES string of the molecule is CCCCCCCCCCCCCCCCCCCCCCCCC(O)C(CO)NC(=O)CCCCCCCCCCCCCCCCCCCCCCCCCCCCCCCCCCCCCCCCCOC(=O)CCCCCCCCCCCCCCCCC. The van der Waals surface area contributed by atoms with Crippen LogP contribution in [0.2, 0.25) is 0 Å². The number of carbonyl (C=O) groups excluding carboxylic acids is 2. The molecule has 0 aromatic carbocycles. The summed E-state index contributed by atoms with van der Waals surface area (Å²) in [7, 11) is 0. The van der Waals surface area contributed by atoms with E-state index in [1.165, 1.54) is 449 Å². The van der Waals surface area contributed by atoms with Crippen LogP contribution >= 0.6 is 0 Å². The topological polar surface area (TPSA) is 95.9 Å². The Kier molecular flexibility index (Phi) is 82.3. The van der Waals surface area contributed by atoms with Crippen LogP contribution in [0.1, 0.15) is 521 Å². The van der Waals surface area contributed by atoms with Crippen molar-refractivity contribution in [2.24, 2.45) is 0 Å². The van der Waals surface area contributed by atoms with E-state index in [4.69, 9.17) is 4.74 Å². The number of aliphatic hydroxyl groups is 2. The number of esters is 1. The highest BCUT2D eigenvalue weighted by Crippen LogP contribution is 2.22. The molecule has 0 aliphatic carbocycles. The Bertz CT molecular complexity index is 1370. The van der Waals surface area contributed by atoms with Crippen LogP contribution in [0.25, 0.3) is 0 Å². The monoisotopic (exact) mass is 1310 g/mol. The van der Waals surface area contributed by atoms with Crippen molar-refractivity contribution in [1.82, 2.24) is 5.32 Å². The summed E-state index contributed by atoms with van der Waals surface area (Å²) in [6.07, 6.45) is 105. The highest BCUT2D eigenvalue weighted by molar-refractivity contribution is 5.76. The summed E-state index contributed by atoms with van der Waals surface area (Å²) < 4.78 is 5.51. The van der Waals surface area contributed by atoms with Crippen LogP contribution in [-0.2, 0) is 14.3 Å². The Morgan fingerprint density at radius 2 is 0.441 bits per heavy atom. The van der Waals surface area contributed by atoms with Gasteiger partial charge in [0.2, 0.25) is 5.91 Å². The van der Waals surface area contributed by atoms with Gasteiger partial charge in [-0.2, -0.15) is 0 Å². The van der Waals surface area contributed by atoms with Gasteiger partial charge in [-0.25, -0.2) is 0 Å². The molecule has 0 fully saturated rings. The van der Waals surface area contributed by atoms with Gasteiger partial charge < -0.3 is 20.3 Å². The zero-order valence-corrected chi connectivity index (χ0v) is 64.0. The number of nitrogens with one attached hydrogen (secondary N) is 1. The van der Waals surface area contributed by atoms with Crippen molar-refractivity contribution < 1.29 is 24.5 Å².